The summed E-state index contributed by atoms with van der Waals surface area (Å²) in [5.41, 5.74) is 2.10. The second-order valence-corrected chi connectivity index (χ2v) is 3.30. The molecule has 2 rings (SSSR count). The topological polar surface area (TPSA) is 41.6 Å². The van der Waals surface area contributed by atoms with Crippen LogP contribution in [0.1, 0.15) is 5.82 Å². The van der Waals surface area contributed by atoms with Crippen LogP contribution in [-0.2, 0) is 6.42 Å². The summed E-state index contributed by atoms with van der Waals surface area (Å²) < 4.78 is 0. The maximum absolute atomic E-state index is 5.62. The van der Waals surface area contributed by atoms with Gasteiger partial charge in [-0.25, -0.2) is 4.98 Å². The molecule has 0 radical (unpaired) electrons. The number of imidazole rings is 1. The van der Waals surface area contributed by atoms with E-state index in [1.807, 2.05) is 18.3 Å². The smallest absolute Gasteiger partial charge is 0.107 e. The number of pyridine rings is 1. The van der Waals surface area contributed by atoms with Crippen molar-refractivity contribution in [2.75, 3.05) is 5.88 Å². The number of hydrogen-bond acceptors (Lipinski definition) is 2. The van der Waals surface area contributed by atoms with Gasteiger partial charge in [0.1, 0.15) is 5.82 Å². The zero-order valence-corrected chi connectivity index (χ0v) is 8.33. The first kappa shape index (κ1) is 9.21. The summed E-state index contributed by atoms with van der Waals surface area (Å²) in [6.45, 7) is 0. The van der Waals surface area contributed by atoms with E-state index in [1.54, 1.807) is 12.4 Å². The number of aromatic amines is 1. The van der Waals surface area contributed by atoms with Crippen LogP contribution in [0, 0.1) is 0 Å². The van der Waals surface area contributed by atoms with Crippen LogP contribution >= 0.6 is 11.6 Å². The molecule has 2 aromatic heterocycles. The second-order valence-electron chi connectivity index (χ2n) is 2.92. The van der Waals surface area contributed by atoms with Gasteiger partial charge in [0, 0.05) is 30.3 Å². The zero-order chi connectivity index (χ0) is 9.80. The van der Waals surface area contributed by atoms with E-state index >= 15 is 0 Å². The third kappa shape index (κ3) is 1.93. The van der Waals surface area contributed by atoms with Crippen LogP contribution in [0.4, 0.5) is 0 Å². The van der Waals surface area contributed by atoms with E-state index in [1.165, 1.54) is 0 Å². The van der Waals surface area contributed by atoms with E-state index in [4.69, 9.17) is 11.6 Å². The van der Waals surface area contributed by atoms with Crippen LogP contribution in [0.3, 0.4) is 0 Å². The molecule has 3 nitrogen and oxygen atoms in total. The Labute approximate surface area is 87.2 Å². The van der Waals surface area contributed by atoms with Gasteiger partial charge in [-0.3, -0.25) is 4.98 Å². The fourth-order valence-corrected chi connectivity index (χ4v) is 1.44. The lowest BCUT2D eigenvalue weighted by Crippen LogP contribution is -1.88. The highest BCUT2D eigenvalue weighted by molar-refractivity contribution is 6.17. The lowest BCUT2D eigenvalue weighted by molar-refractivity contribution is 0.997. The molecule has 0 spiro atoms. The first-order valence-electron chi connectivity index (χ1n) is 4.40. The van der Waals surface area contributed by atoms with Gasteiger partial charge in [-0.05, 0) is 12.1 Å². The van der Waals surface area contributed by atoms with Crippen molar-refractivity contribution in [3.8, 4) is 11.3 Å². The number of aryl methyl sites for hydroxylation is 1. The van der Waals surface area contributed by atoms with E-state index in [0.717, 1.165) is 23.5 Å². The van der Waals surface area contributed by atoms with E-state index in [-0.39, 0.29) is 0 Å². The monoisotopic (exact) mass is 207 g/mol. The van der Waals surface area contributed by atoms with E-state index < -0.39 is 0 Å². The minimum atomic E-state index is 0.587. The Hall–Kier alpha value is -1.35. The van der Waals surface area contributed by atoms with Gasteiger partial charge >= 0.3 is 0 Å². The fraction of sp³-hybridized carbons (Fsp3) is 0.200. The van der Waals surface area contributed by atoms with Crippen LogP contribution < -0.4 is 0 Å². The lowest BCUT2D eigenvalue weighted by atomic mass is 10.2. The number of alkyl halides is 1. The van der Waals surface area contributed by atoms with Crippen LogP contribution in [-0.4, -0.2) is 20.8 Å². The van der Waals surface area contributed by atoms with E-state index in [0.29, 0.717) is 5.88 Å². The molecule has 0 aliphatic carbocycles. The van der Waals surface area contributed by atoms with Gasteiger partial charge < -0.3 is 4.98 Å². The molecule has 1 N–H and O–H groups in total. The lowest BCUT2D eigenvalue weighted by Gasteiger charge is -1.94. The molecule has 0 fully saturated rings. The first-order chi connectivity index (χ1) is 6.90. The Bertz CT molecular complexity index is 397. The molecule has 0 saturated heterocycles. The molecule has 14 heavy (non-hydrogen) atoms. The Morgan fingerprint density at radius 2 is 2.07 bits per heavy atom. The highest BCUT2D eigenvalue weighted by atomic mass is 35.5. The quantitative estimate of drug-likeness (QED) is 0.785. The summed E-state index contributed by atoms with van der Waals surface area (Å²) in [7, 11) is 0. The first-order valence-corrected chi connectivity index (χ1v) is 4.94. The van der Waals surface area contributed by atoms with Gasteiger partial charge in [-0.15, -0.1) is 11.6 Å². The maximum Gasteiger partial charge on any atom is 0.107 e. The fourth-order valence-electron chi connectivity index (χ4n) is 1.26. The van der Waals surface area contributed by atoms with Crippen molar-refractivity contribution < 1.29 is 0 Å². The molecule has 0 unspecified atom stereocenters. The second kappa shape index (κ2) is 4.24. The number of hydrogen-bond donors (Lipinski definition) is 1. The third-order valence-corrected chi connectivity index (χ3v) is 2.14. The standard InChI is InChI=1S/C10H10ClN3/c11-4-1-10-13-7-9(14-10)8-2-5-12-6-3-8/h2-3,5-7H,1,4H2,(H,13,14). The summed E-state index contributed by atoms with van der Waals surface area (Å²) in [4.78, 5) is 11.4. The van der Waals surface area contributed by atoms with Gasteiger partial charge in [0.2, 0.25) is 0 Å². The summed E-state index contributed by atoms with van der Waals surface area (Å²) in [5, 5.41) is 0. The molecule has 0 saturated carbocycles. The number of nitrogens with zero attached hydrogens (tertiary/aromatic N) is 2. The summed E-state index contributed by atoms with van der Waals surface area (Å²) in [6, 6.07) is 3.88. The highest BCUT2D eigenvalue weighted by Crippen LogP contribution is 2.15. The Balaban J connectivity index is 2.25. The molecule has 0 atom stereocenters. The molecule has 2 aromatic rings. The third-order valence-electron chi connectivity index (χ3n) is 1.95. The minimum absolute atomic E-state index is 0.587. The van der Waals surface area contributed by atoms with Crippen LogP contribution in [0.2, 0.25) is 0 Å². The average Bonchev–Trinajstić information content (AvgIpc) is 2.68. The SMILES string of the molecule is ClCCc1ncc(-c2ccncc2)[nH]1. The molecule has 0 aliphatic heterocycles. The van der Waals surface area contributed by atoms with Crippen molar-refractivity contribution in [3.63, 3.8) is 0 Å². The van der Waals surface area contributed by atoms with Gasteiger partial charge in [0.25, 0.3) is 0 Å². The van der Waals surface area contributed by atoms with Crippen LogP contribution in [0.5, 0.6) is 0 Å². The number of H-pyrrole nitrogens is 1. The predicted molar refractivity (Wildman–Crippen MR) is 56.2 cm³/mol. The molecule has 0 aromatic carbocycles. The molecule has 72 valence electrons. The zero-order valence-electron chi connectivity index (χ0n) is 7.57. The number of aromatic nitrogens is 3. The van der Waals surface area contributed by atoms with Gasteiger partial charge in [0.05, 0.1) is 11.9 Å². The van der Waals surface area contributed by atoms with E-state index in [2.05, 4.69) is 15.0 Å². The molecular formula is C10H10ClN3. The number of rotatable bonds is 3. The van der Waals surface area contributed by atoms with Crippen molar-refractivity contribution in [1.82, 2.24) is 15.0 Å². The summed E-state index contributed by atoms with van der Waals surface area (Å²) >= 11 is 5.62. The number of nitrogens with one attached hydrogen (secondary N) is 1. The van der Waals surface area contributed by atoms with Crippen LogP contribution in [0.25, 0.3) is 11.3 Å². The van der Waals surface area contributed by atoms with Crippen molar-refractivity contribution >= 4 is 11.6 Å². The minimum Gasteiger partial charge on any atom is -0.342 e. The van der Waals surface area contributed by atoms with Crippen molar-refractivity contribution in [2.24, 2.45) is 0 Å². The van der Waals surface area contributed by atoms with Crippen LogP contribution in [0.15, 0.2) is 30.7 Å². The van der Waals surface area contributed by atoms with Crippen molar-refractivity contribution in [2.45, 2.75) is 6.42 Å². The molecule has 2 heterocycles. The molecule has 4 heteroatoms. The summed E-state index contributed by atoms with van der Waals surface area (Å²) in [6.07, 6.45) is 6.11. The Morgan fingerprint density at radius 1 is 1.29 bits per heavy atom. The largest absolute Gasteiger partial charge is 0.342 e. The Kier molecular flexibility index (Phi) is 2.79. The molecule has 0 amide bonds. The van der Waals surface area contributed by atoms with Crippen molar-refractivity contribution in [3.05, 3.63) is 36.5 Å². The average molecular weight is 208 g/mol. The molecule has 0 aliphatic rings. The van der Waals surface area contributed by atoms with Gasteiger partial charge in [-0.1, -0.05) is 0 Å². The van der Waals surface area contributed by atoms with Gasteiger partial charge in [-0.2, -0.15) is 0 Å². The number of halogens is 1. The Morgan fingerprint density at radius 3 is 2.79 bits per heavy atom. The normalized spacial score (nSPS) is 10.4. The van der Waals surface area contributed by atoms with Crippen molar-refractivity contribution in [1.29, 1.82) is 0 Å². The maximum atomic E-state index is 5.62. The predicted octanol–water partition coefficient (Wildman–Crippen LogP) is 2.25. The molecular weight excluding hydrogens is 198 g/mol. The highest BCUT2D eigenvalue weighted by Gasteiger charge is 2.01. The van der Waals surface area contributed by atoms with Gasteiger partial charge in [0.15, 0.2) is 0 Å². The summed E-state index contributed by atoms with van der Waals surface area (Å²) in [5.74, 6) is 1.51. The van der Waals surface area contributed by atoms with E-state index in [9.17, 15) is 0 Å². The molecule has 0 bridgehead atoms.